The van der Waals surface area contributed by atoms with Crippen molar-refractivity contribution < 1.29 is 33.9 Å². The van der Waals surface area contributed by atoms with E-state index in [4.69, 9.17) is 28.7 Å². The lowest BCUT2D eigenvalue weighted by atomic mass is 10.0. The number of H-pyrrole nitrogens is 2. The predicted molar refractivity (Wildman–Crippen MR) is 246 cm³/mol. The van der Waals surface area contributed by atoms with Crippen LogP contribution in [-0.4, -0.2) is 129 Å². The summed E-state index contributed by atoms with van der Waals surface area (Å²) in [6, 6.07) is 7.65. The molecule has 2 aromatic carbocycles. The Hall–Kier alpha value is -6.81. The van der Waals surface area contributed by atoms with E-state index in [1.165, 1.54) is 4.90 Å². The van der Waals surface area contributed by atoms with Crippen LogP contribution in [0, 0.1) is 0 Å². The second-order valence-corrected chi connectivity index (χ2v) is 16.0. The van der Waals surface area contributed by atoms with Gasteiger partial charge in [-0.3, -0.25) is 34.0 Å². The Bertz CT molecular complexity index is 2340. The molecule has 1 saturated heterocycles. The van der Waals surface area contributed by atoms with Gasteiger partial charge in [-0.05, 0) is 61.8 Å². The van der Waals surface area contributed by atoms with Gasteiger partial charge in [0.25, 0.3) is 0 Å². The number of hydrogen-bond donors (Lipinski definition) is 13. The standard InChI is InChI=1S/C42H58N14O7S/c43-27(10-5-15-48-41(44)45)35(57)52-30(13-6-16-49-42(46)47)36(58)53-31(18-23-20-50-28-11-3-1-8-25(23)28)37(59)54-32(19-24-21-51-29-12-4-2-9-26(24)29)38(60)55-33(22-64)39(61)56-17-7-14-34(56)40(62)63/h1-4,8-9,11-12,20-21,27,30-34,50-51,64H,5-7,10,13-19,22,43H2,(H,52,57)(H,53,58)(H,54,59)(H,55,60)(H,62,63)(H4,44,45,48)(H4,46,47,49)/t27-,30-,31-,32-,33-,34-/m0/s1. The molecule has 21 nitrogen and oxygen atoms in total. The number of aliphatic carboxylic acids is 1. The Morgan fingerprint density at radius 3 is 1.67 bits per heavy atom. The largest absolute Gasteiger partial charge is 0.480 e. The normalized spacial score (nSPS) is 15.9. The lowest BCUT2D eigenvalue weighted by molar-refractivity contribution is -0.149. The number of nitrogens with one attached hydrogen (secondary N) is 6. The number of carboxylic acids is 1. The third-order valence-corrected chi connectivity index (χ3v) is 11.3. The van der Waals surface area contributed by atoms with Crippen LogP contribution >= 0.6 is 12.6 Å². The molecule has 0 aliphatic carbocycles. The molecule has 17 N–H and O–H groups in total. The van der Waals surface area contributed by atoms with Gasteiger partial charge in [-0.1, -0.05) is 36.4 Å². The summed E-state index contributed by atoms with van der Waals surface area (Å²) in [7, 11) is 0. The maximum Gasteiger partial charge on any atom is 0.326 e. The summed E-state index contributed by atoms with van der Waals surface area (Å²) in [6.45, 7) is 0.577. The summed E-state index contributed by atoms with van der Waals surface area (Å²) in [5.41, 5.74) is 30.9. The SMILES string of the molecule is NC(N)=NCCC[C@H](NC(=O)[C@@H](N)CCCN=C(N)N)C(=O)N[C@@H](Cc1c[nH]c2ccccc12)C(=O)N[C@@H](Cc1c[nH]c2ccccc12)C(=O)N[C@@H](CS)C(=O)N1CCC[C@H]1C(=O)O. The van der Waals surface area contributed by atoms with Crippen LogP contribution in [0.25, 0.3) is 21.8 Å². The molecule has 3 heterocycles. The molecule has 64 heavy (non-hydrogen) atoms. The number of thiol groups is 1. The summed E-state index contributed by atoms with van der Waals surface area (Å²) >= 11 is 4.33. The van der Waals surface area contributed by atoms with E-state index in [1.54, 1.807) is 12.4 Å². The van der Waals surface area contributed by atoms with Gasteiger partial charge in [0.05, 0.1) is 6.04 Å². The smallest absolute Gasteiger partial charge is 0.326 e. The molecule has 0 bridgehead atoms. The van der Waals surface area contributed by atoms with E-state index in [1.807, 2.05) is 48.5 Å². The Morgan fingerprint density at radius 2 is 1.17 bits per heavy atom. The van der Waals surface area contributed by atoms with Crippen molar-refractivity contribution in [1.29, 1.82) is 0 Å². The number of carbonyl (C=O) groups is 6. The van der Waals surface area contributed by atoms with E-state index in [0.717, 1.165) is 21.8 Å². The van der Waals surface area contributed by atoms with Crippen LogP contribution in [0.15, 0.2) is 70.9 Å². The summed E-state index contributed by atoms with van der Waals surface area (Å²) in [4.78, 5) is 97.7. The molecule has 4 aromatic rings. The Kier molecular flexibility index (Phi) is 17.4. The van der Waals surface area contributed by atoms with Gasteiger partial charge in [-0.25, -0.2) is 4.79 Å². The van der Waals surface area contributed by atoms with Gasteiger partial charge in [0.1, 0.15) is 30.2 Å². The summed E-state index contributed by atoms with van der Waals surface area (Å²) in [5.74, 6) is -5.02. The first-order valence-electron chi connectivity index (χ1n) is 21.0. The molecular weight excluding hydrogens is 845 g/mol. The number of nitrogens with zero attached hydrogens (tertiary/aromatic N) is 3. The number of para-hydroxylation sites is 2. The maximum atomic E-state index is 14.7. The van der Waals surface area contributed by atoms with Crippen molar-refractivity contribution in [3.63, 3.8) is 0 Å². The molecule has 2 aromatic heterocycles. The number of benzene rings is 2. The molecule has 1 aliphatic heterocycles. The molecule has 344 valence electrons. The first-order chi connectivity index (χ1) is 30.7. The molecule has 5 amide bonds. The maximum absolute atomic E-state index is 14.7. The van der Waals surface area contributed by atoms with Crippen LogP contribution in [-0.2, 0) is 41.6 Å². The average molecular weight is 903 g/mol. The molecule has 0 saturated carbocycles. The lowest BCUT2D eigenvalue weighted by Gasteiger charge is -2.29. The summed E-state index contributed by atoms with van der Waals surface area (Å²) in [6.07, 6.45) is 4.99. The van der Waals surface area contributed by atoms with Crippen molar-refractivity contribution in [2.75, 3.05) is 25.4 Å². The van der Waals surface area contributed by atoms with Gasteiger partial charge in [-0.2, -0.15) is 12.6 Å². The van der Waals surface area contributed by atoms with Crippen LogP contribution in [0.4, 0.5) is 0 Å². The number of nitrogens with two attached hydrogens (primary N) is 5. The fraction of sp³-hybridized carbons (Fsp3) is 0.429. The van der Waals surface area contributed by atoms with Crippen LogP contribution in [0.2, 0.25) is 0 Å². The summed E-state index contributed by atoms with van der Waals surface area (Å²) in [5, 5.41) is 22.4. The highest BCUT2D eigenvalue weighted by atomic mass is 32.1. The average Bonchev–Trinajstić information content (AvgIpc) is 4.03. The van der Waals surface area contributed by atoms with Crippen LogP contribution in [0.3, 0.4) is 0 Å². The van der Waals surface area contributed by atoms with Gasteiger partial charge < -0.3 is 69.9 Å². The van der Waals surface area contributed by atoms with E-state index in [9.17, 15) is 33.9 Å². The van der Waals surface area contributed by atoms with E-state index in [2.05, 4.69) is 53.8 Å². The topological polar surface area (TPSA) is 360 Å². The lowest BCUT2D eigenvalue weighted by Crippen LogP contribution is -2.60. The van der Waals surface area contributed by atoms with E-state index in [0.29, 0.717) is 24.0 Å². The van der Waals surface area contributed by atoms with Crippen molar-refractivity contribution >= 4 is 81.9 Å². The third-order valence-electron chi connectivity index (χ3n) is 11.0. The minimum atomic E-state index is -1.32. The first-order valence-corrected chi connectivity index (χ1v) is 21.6. The molecule has 1 aliphatic rings. The minimum absolute atomic E-state index is 0.0468. The fourth-order valence-electron chi connectivity index (χ4n) is 7.65. The van der Waals surface area contributed by atoms with Crippen LogP contribution in [0.1, 0.15) is 49.7 Å². The number of aromatic amines is 2. The fourth-order valence-corrected chi connectivity index (χ4v) is 7.90. The molecule has 0 unspecified atom stereocenters. The minimum Gasteiger partial charge on any atom is -0.480 e. The number of guanidine groups is 2. The number of carboxylic acid groups (broad SMARTS) is 1. The van der Waals surface area contributed by atoms with Crippen molar-refractivity contribution in [2.24, 2.45) is 38.7 Å². The number of rotatable bonds is 23. The zero-order chi connectivity index (χ0) is 46.3. The quantitative estimate of drug-likeness (QED) is 0.0181. The zero-order valence-electron chi connectivity index (χ0n) is 35.3. The van der Waals surface area contributed by atoms with Gasteiger partial charge >= 0.3 is 5.97 Å². The number of aliphatic imine (C=N–C) groups is 2. The van der Waals surface area contributed by atoms with Crippen molar-refractivity contribution in [3.05, 3.63) is 72.1 Å². The molecule has 5 rings (SSSR count). The number of fused-ring (bicyclic) bond motifs is 2. The second kappa shape index (κ2) is 23.0. The molecule has 1 fully saturated rings. The third kappa shape index (κ3) is 13.1. The van der Waals surface area contributed by atoms with Crippen molar-refractivity contribution in [3.8, 4) is 0 Å². The van der Waals surface area contributed by atoms with Gasteiger partial charge in [-0.15, -0.1) is 0 Å². The zero-order valence-corrected chi connectivity index (χ0v) is 36.2. The van der Waals surface area contributed by atoms with Gasteiger partial charge in [0, 0.05) is 72.4 Å². The second-order valence-electron chi connectivity index (χ2n) is 15.6. The van der Waals surface area contributed by atoms with E-state index < -0.39 is 71.8 Å². The number of aromatic nitrogens is 2. The first kappa shape index (κ1) is 48.2. The van der Waals surface area contributed by atoms with Crippen LogP contribution < -0.4 is 49.9 Å². The van der Waals surface area contributed by atoms with E-state index in [-0.39, 0.29) is 75.8 Å². The molecular formula is C42H58N14O7S. The Balaban J connectivity index is 1.44. The van der Waals surface area contributed by atoms with Crippen molar-refractivity contribution in [1.82, 2.24) is 36.1 Å². The van der Waals surface area contributed by atoms with Gasteiger partial charge in [0.15, 0.2) is 11.9 Å². The summed E-state index contributed by atoms with van der Waals surface area (Å²) < 4.78 is 0. The predicted octanol–water partition coefficient (Wildman–Crippen LogP) is -1.19. The van der Waals surface area contributed by atoms with Gasteiger partial charge in [0.2, 0.25) is 29.5 Å². The van der Waals surface area contributed by atoms with Crippen molar-refractivity contribution in [2.45, 2.75) is 87.6 Å². The van der Waals surface area contributed by atoms with Crippen LogP contribution in [0.5, 0.6) is 0 Å². The highest BCUT2D eigenvalue weighted by molar-refractivity contribution is 7.80. The highest BCUT2D eigenvalue weighted by Crippen LogP contribution is 2.22. The highest BCUT2D eigenvalue weighted by Gasteiger charge is 2.39. The van der Waals surface area contributed by atoms with E-state index >= 15 is 0 Å². The molecule has 6 atom stereocenters. The number of carbonyl (C=O) groups excluding carboxylic acids is 5. The monoisotopic (exact) mass is 902 g/mol. The number of hydrogen-bond acceptors (Lipinski definition) is 10. The molecule has 22 heteroatoms. The molecule has 0 spiro atoms. The number of amides is 5. The Labute approximate surface area is 374 Å². The Morgan fingerprint density at radius 1 is 0.703 bits per heavy atom. The number of likely N-dealkylation sites (tertiary alicyclic amines) is 1. The molecule has 0 radical (unpaired) electrons.